The third kappa shape index (κ3) is 4.23. The number of nitrogens with one attached hydrogen (secondary N) is 1. The second-order valence-electron chi connectivity index (χ2n) is 4.47. The lowest BCUT2D eigenvalue weighted by Gasteiger charge is -2.15. The van der Waals surface area contributed by atoms with Crippen molar-refractivity contribution >= 4 is 0 Å². The summed E-state index contributed by atoms with van der Waals surface area (Å²) in [5.74, 6) is 1.49. The second-order valence-corrected chi connectivity index (χ2v) is 4.47. The van der Waals surface area contributed by atoms with Crippen LogP contribution in [0.2, 0.25) is 0 Å². The van der Waals surface area contributed by atoms with Crippen molar-refractivity contribution < 1.29 is 4.74 Å². The molecule has 1 unspecified atom stereocenters. The van der Waals surface area contributed by atoms with Crippen LogP contribution in [0.4, 0.5) is 0 Å². The highest BCUT2D eigenvalue weighted by Gasteiger charge is 2.05. The summed E-state index contributed by atoms with van der Waals surface area (Å²) in [6.07, 6.45) is 0. The van der Waals surface area contributed by atoms with Gasteiger partial charge in [0, 0.05) is 12.6 Å². The maximum absolute atomic E-state index is 5.42. The third-order valence-electron chi connectivity index (χ3n) is 2.59. The molecule has 1 aromatic carbocycles. The molecule has 0 aliphatic carbocycles. The highest BCUT2D eigenvalue weighted by atomic mass is 16.5. The van der Waals surface area contributed by atoms with Crippen molar-refractivity contribution in [3.8, 4) is 5.75 Å². The van der Waals surface area contributed by atoms with Gasteiger partial charge in [0.1, 0.15) is 5.75 Å². The minimum absolute atomic E-state index is 0.540. The normalized spacial score (nSPS) is 12.8. The molecule has 16 heavy (non-hydrogen) atoms. The molecule has 1 rings (SSSR count). The molecule has 0 aromatic heterocycles. The standard InChI is InChI=1S/C14H23NO/c1-5-16-14-8-6-13(7-9-14)12(4)10-15-11(2)3/h6-9,11-12,15H,5,10H2,1-4H3. The number of hydrogen-bond acceptors (Lipinski definition) is 2. The molecule has 0 aliphatic rings. The summed E-state index contributed by atoms with van der Waals surface area (Å²) < 4.78 is 5.42. The summed E-state index contributed by atoms with van der Waals surface area (Å²) in [5.41, 5.74) is 1.36. The SMILES string of the molecule is CCOc1ccc(C(C)CNC(C)C)cc1. The van der Waals surface area contributed by atoms with Crippen LogP contribution >= 0.6 is 0 Å². The van der Waals surface area contributed by atoms with Crippen molar-refractivity contribution in [1.29, 1.82) is 0 Å². The van der Waals surface area contributed by atoms with Crippen LogP contribution < -0.4 is 10.1 Å². The Balaban J connectivity index is 2.52. The second kappa shape index (κ2) is 6.54. The highest BCUT2D eigenvalue weighted by molar-refractivity contribution is 5.29. The van der Waals surface area contributed by atoms with E-state index in [2.05, 4.69) is 38.2 Å². The molecular weight excluding hydrogens is 198 g/mol. The molecule has 0 spiro atoms. The molecule has 0 aliphatic heterocycles. The van der Waals surface area contributed by atoms with E-state index in [1.54, 1.807) is 0 Å². The molecule has 90 valence electrons. The number of ether oxygens (including phenoxy) is 1. The zero-order chi connectivity index (χ0) is 12.0. The van der Waals surface area contributed by atoms with E-state index in [4.69, 9.17) is 4.74 Å². The first kappa shape index (κ1) is 13.0. The first-order chi connectivity index (χ1) is 7.63. The van der Waals surface area contributed by atoms with E-state index in [1.807, 2.05) is 19.1 Å². The van der Waals surface area contributed by atoms with Crippen molar-refractivity contribution in [2.75, 3.05) is 13.2 Å². The van der Waals surface area contributed by atoms with Gasteiger partial charge >= 0.3 is 0 Å². The molecule has 0 heterocycles. The molecule has 0 radical (unpaired) electrons. The summed E-state index contributed by atoms with van der Waals surface area (Å²) >= 11 is 0. The lowest BCUT2D eigenvalue weighted by atomic mass is 10.0. The molecule has 0 bridgehead atoms. The van der Waals surface area contributed by atoms with E-state index in [-0.39, 0.29) is 0 Å². The minimum Gasteiger partial charge on any atom is -0.494 e. The topological polar surface area (TPSA) is 21.3 Å². The maximum atomic E-state index is 5.42. The van der Waals surface area contributed by atoms with Gasteiger partial charge in [-0.2, -0.15) is 0 Å². The van der Waals surface area contributed by atoms with Crippen LogP contribution in [-0.4, -0.2) is 19.2 Å². The van der Waals surface area contributed by atoms with E-state index in [9.17, 15) is 0 Å². The van der Waals surface area contributed by atoms with Gasteiger partial charge < -0.3 is 10.1 Å². The Bertz CT molecular complexity index is 292. The molecule has 1 atom stereocenters. The number of rotatable bonds is 6. The average molecular weight is 221 g/mol. The highest BCUT2D eigenvalue weighted by Crippen LogP contribution is 2.18. The van der Waals surface area contributed by atoms with Crippen LogP contribution in [0.25, 0.3) is 0 Å². The Morgan fingerprint density at radius 3 is 2.25 bits per heavy atom. The summed E-state index contributed by atoms with van der Waals surface area (Å²) in [4.78, 5) is 0. The van der Waals surface area contributed by atoms with E-state index in [0.717, 1.165) is 18.9 Å². The predicted molar refractivity (Wildman–Crippen MR) is 69.2 cm³/mol. The lowest BCUT2D eigenvalue weighted by molar-refractivity contribution is 0.340. The molecule has 0 saturated heterocycles. The van der Waals surface area contributed by atoms with Crippen LogP contribution in [-0.2, 0) is 0 Å². The quantitative estimate of drug-likeness (QED) is 0.796. The average Bonchev–Trinajstić information content (AvgIpc) is 2.27. The van der Waals surface area contributed by atoms with Crippen molar-refractivity contribution in [3.63, 3.8) is 0 Å². The van der Waals surface area contributed by atoms with Gasteiger partial charge in [-0.15, -0.1) is 0 Å². The van der Waals surface area contributed by atoms with Crippen LogP contribution in [0.1, 0.15) is 39.2 Å². The van der Waals surface area contributed by atoms with Crippen LogP contribution in [0.15, 0.2) is 24.3 Å². The fourth-order valence-corrected chi connectivity index (χ4v) is 1.59. The van der Waals surface area contributed by atoms with Crippen molar-refractivity contribution in [2.24, 2.45) is 0 Å². The van der Waals surface area contributed by atoms with E-state index in [0.29, 0.717) is 12.0 Å². The van der Waals surface area contributed by atoms with Gasteiger partial charge in [0.2, 0.25) is 0 Å². The van der Waals surface area contributed by atoms with Crippen molar-refractivity contribution in [3.05, 3.63) is 29.8 Å². The first-order valence-corrected chi connectivity index (χ1v) is 6.09. The summed E-state index contributed by atoms with van der Waals surface area (Å²) in [6.45, 7) is 10.3. The van der Waals surface area contributed by atoms with Gasteiger partial charge in [-0.05, 0) is 30.5 Å². The molecule has 1 aromatic rings. The fraction of sp³-hybridized carbons (Fsp3) is 0.571. The molecular formula is C14H23NO. The van der Waals surface area contributed by atoms with Crippen molar-refractivity contribution in [2.45, 2.75) is 39.7 Å². The molecule has 0 saturated carbocycles. The van der Waals surface area contributed by atoms with Gasteiger partial charge in [-0.3, -0.25) is 0 Å². The van der Waals surface area contributed by atoms with E-state index < -0.39 is 0 Å². The largest absolute Gasteiger partial charge is 0.494 e. The Kier molecular flexibility index (Phi) is 5.33. The van der Waals surface area contributed by atoms with Gasteiger partial charge in [-0.1, -0.05) is 32.9 Å². The Labute approximate surface area is 99.0 Å². The fourth-order valence-electron chi connectivity index (χ4n) is 1.59. The zero-order valence-electron chi connectivity index (χ0n) is 10.8. The summed E-state index contributed by atoms with van der Waals surface area (Å²) in [6, 6.07) is 8.94. The van der Waals surface area contributed by atoms with E-state index in [1.165, 1.54) is 5.56 Å². The summed E-state index contributed by atoms with van der Waals surface area (Å²) in [7, 11) is 0. The lowest BCUT2D eigenvalue weighted by Crippen LogP contribution is -2.26. The Morgan fingerprint density at radius 1 is 1.12 bits per heavy atom. The minimum atomic E-state index is 0.540. The maximum Gasteiger partial charge on any atom is 0.119 e. The number of benzene rings is 1. The Morgan fingerprint density at radius 2 is 1.75 bits per heavy atom. The van der Waals surface area contributed by atoms with Gasteiger partial charge in [-0.25, -0.2) is 0 Å². The predicted octanol–water partition coefficient (Wildman–Crippen LogP) is 3.19. The van der Waals surface area contributed by atoms with Gasteiger partial charge in [0.25, 0.3) is 0 Å². The molecule has 0 amide bonds. The third-order valence-corrected chi connectivity index (χ3v) is 2.59. The Hall–Kier alpha value is -1.02. The first-order valence-electron chi connectivity index (χ1n) is 6.09. The van der Waals surface area contributed by atoms with Gasteiger partial charge in [0.15, 0.2) is 0 Å². The van der Waals surface area contributed by atoms with Crippen LogP contribution in [0.5, 0.6) is 5.75 Å². The number of hydrogen-bond donors (Lipinski definition) is 1. The monoisotopic (exact) mass is 221 g/mol. The van der Waals surface area contributed by atoms with Gasteiger partial charge in [0.05, 0.1) is 6.61 Å². The zero-order valence-corrected chi connectivity index (χ0v) is 10.8. The molecule has 2 heteroatoms. The van der Waals surface area contributed by atoms with Crippen molar-refractivity contribution in [1.82, 2.24) is 5.32 Å². The van der Waals surface area contributed by atoms with E-state index >= 15 is 0 Å². The van der Waals surface area contributed by atoms with Crippen LogP contribution in [0.3, 0.4) is 0 Å². The van der Waals surface area contributed by atoms with Crippen LogP contribution in [0, 0.1) is 0 Å². The smallest absolute Gasteiger partial charge is 0.119 e. The molecule has 1 N–H and O–H groups in total. The molecule has 2 nitrogen and oxygen atoms in total. The summed E-state index contributed by atoms with van der Waals surface area (Å²) in [5, 5.41) is 3.45. The molecule has 0 fully saturated rings.